The Hall–Kier alpha value is -1.55. The average Bonchev–Trinajstić information content (AvgIpc) is 2.26. The maximum atomic E-state index is 10.6. The highest BCUT2D eigenvalue weighted by atomic mass is 16.5. The van der Waals surface area contributed by atoms with Crippen molar-refractivity contribution in [1.82, 2.24) is 5.32 Å². The fraction of sp³-hybridized carbons (Fsp3) is 0.462. The Bertz CT molecular complexity index is 359. The minimum Gasteiger partial charge on any atom is -0.492 e. The molecule has 0 spiro atoms. The standard InChI is InChI=1S/C13H19NO3/c1-9(2)14-10(3)8-17-12-6-4-11(5-7-12)13(15)16/h4-7,9-10,14H,8H2,1-3H3,(H,15,16)/t10-/m0/s1. The van der Waals surface area contributed by atoms with E-state index in [-0.39, 0.29) is 11.6 Å². The number of benzene rings is 1. The lowest BCUT2D eigenvalue weighted by Gasteiger charge is -2.17. The summed E-state index contributed by atoms with van der Waals surface area (Å²) < 4.78 is 5.55. The van der Waals surface area contributed by atoms with Crippen molar-refractivity contribution in [3.8, 4) is 5.75 Å². The largest absolute Gasteiger partial charge is 0.492 e. The summed E-state index contributed by atoms with van der Waals surface area (Å²) >= 11 is 0. The van der Waals surface area contributed by atoms with Crippen LogP contribution in [0.25, 0.3) is 0 Å². The highest BCUT2D eigenvalue weighted by molar-refractivity contribution is 5.87. The molecule has 1 rings (SSSR count). The Balaban J connectivity index is 2.44. The van der Waals surface area contributed by atoms with Crippen LogP contribution >= 0.6 is 0 Å². The van der Waals surface area contributed by atoms with Crippen LogP contribution < -0.4 is 10.1 Å². The van der Waals surface area contributed by atoms with E-state index in [4.69, 9.17) is 9.84 Å². The molecule has 0 aromatic heterocycles. The third-order valence-corrected chi connectivity index (χ3v) is 2.22. The summed E-state index contributed by atoms with van der Waals surface area (Å²) in [6, 6.07) is 7.10. The average molecular weight is 237 g/mol. The van der Waals surface area contributed by atoms with E-state index in [1.54, 1.807) is 12.1 Å². The van der Waals surface area contributed by atoms with Gasteiger partial charge in [0.1, 0.15) is 12.4 Å². The number of carboxylic acids is 1. The molecule has 2 N–H and O–H groups in total. The Morgan fingerprint density at radius 2 is 1.88 bits per heavy atom. The lowest BCUT2D eigenvalue weighted by Crippen LogP contribution is -2.36. The molecule has 0 fully saturated rings. The molecule has 0 saturated heterocycles. The minimum absolute atomic E-state index is 0.258. The normalized spacial score (nSPS) is 12.5. The van der Waals surface area contributed by atoms with E-state index in [2.05, 4.69) is 19.2 Å². The van der Waals surface area contributed by atoms with Gasteiger partial charge in [-0.05, 0) is 31.2 Å². The second kappa shape index (κ2) is 6.25. The molecule has 94 valence electrons. The molecule has 0 heterocycles. The Kier molecular flexibility index (Phi) is 4.97. The molecule has 0 aliphatic carbocycles. The molecule has 4 heteroatoms. The lowest BCUT2D eigenvalue weighted by atomic mass is 10.2. The van der Waals surface area contributed by atoms with E-state index in [0.717, 1.165) is 0 Å². The van der Waals surface area contributed by atoms with Crippen LogP contribution in [0.3, 0.4) is 0 Å². The third-order valence-electron chi connectivity index (χ3n) is 2.22. The fourth-order valence-electron chi connectivity index (χ4n) is 1.53. The molecule has 1 aromatic rings. The SMILES string of the molecule is CC(C)N[C@@H](C)COc1ccc(C(=O)O)cc1. The molecule has 0 aliphatic heterocycles. The number of ether oxygens (including phenoxy) is 1. The molecule has 1 atom stereocenters. The molecule has 1 aromatic carbocycles. The summed E-state index contributed by atoms with van der Waals surface area (Å²) in [5.74, 6) is -0.237. The molecule has 0 bridgehead atoms. The van der Waals surface area contributed by atoms with Crippen LogP contribution in [-0.2, 0) is 0 Å². The predicted molar refractivity (Wildman–Crippen MR) is 66.6 cm³/mol. The molecular weight excluding hydrogens is 218 g/mol. The first kappa shape index (κ1) is 13.5. The van der Waals surface area contributed by atoms with E-state index in [1.165, 1.54) is 12.1 Å². The second-order valence-corrected chi connectivity index (χ2v) is 4.36. The van der Waals surface area contributed by atoms with Crippen molar-refractivity contribution < 1.29 is 14.6 Å². The molecule has 0 saturated carbocycles. The van der Waals surface area contributed by atoms with Gasteiger partial charge in [0.05, 0.1) is 5.56 Å². The van der Waals surface area contributed by atoms with Crippen molar-refractivity contribution in [3.05, 3.63) is 29.8 Å². The van der Waals surface area contributed by atoms with E-state index in [9.17, 15) is 4.79 Å². The maximum absolute atomic E-state index is 10.6. The van der Waals surface area contributed by atoms with Gasteiger partial charge in [-0.3, -0.25) is 0 Å². The van der Waals surface area contributed by atoms with E-state index in [0.29, 0.717) is 18.4 Å². The lowest BCUT2D eigenvalue weighted by molar-refractivity contribution is 0.0697. The molecule has 4 nitrogen and oxygen atoms in total. The molecule has 0 radical (unpaired) electrons. The van der Waals surface area contributed by atoms with Gasteiger partial charge in [-0.15, -0.1) is 0 Å². The van der Waals surface area contributed by atoms with Crippen LogP contribution in [0, 0.1) is 0 Å². The van der Waals surface area contributed by atoms with Crippen LogP contribution in [0.4, 0.5) is 0 Å². The van der Waals surface area contributed by atoms with Crippen LogP contribution in [0.1, 0.15) is 31.1 Å². The highest BCUT2D eigenvalue weighted by Gasteiger charge is 2.05. The van der Waals surface area contributed by atoms with Gasteiger partial charge < -0.3 is 15.2 Å². The Labute approximate surface area is 102 Å². The van der Waals surface area contributed by atoms with Crippen LogP contribution in [0.15, 0.2) is 24.3 Å². The number of aromatic carboxylic acids is 1. The third kappa shape index (κ3) is 4.87. The topological polar surface area (TPSA) is 58.6 Å². The number of carbonyl (C=O) groups is 1. The van der Waals surface area contributed by atoms with Crippen LogP contribution in [0.5, 0.6) is 5.75 Å². The number of hydrogen-bond donors (Lipinski definition) is 2. The van der Waals surface area contributed by atoms with Crippen LogP contribution in [0.2, 0.25) is 0 Å². The predicted octanol–water partition coefficient (Wildman–Crippen LogP) is 2.15. The van der Waals surface area contributed by atoms with E-state index < -0.39 is 5.97 Å². The molecular formula is C13H19NO3. The van der Waals surface area contributed by atoms with E-state index >= 15 is 0 Å². The zero-order valence-corrected chi connectivity index (χ0v) is 10.4. The van der Waals surface area contributed by atoms with Crippen molar-refractivity contribution in [3.63, 3.8) is 0 Å². The summed E-state index contributed by atoms with van der Waals surface area (Å²) in [7, 11) is 0. The zero-order valence-electron chi connectivity index (χ0n) is 10.4. The first-order valence-corrected chi connectivity index (χ1v) is 5.71. The van der Waals surface area contributed by atoms with Gasteiger partial charge in [-0.25, -0.2) is 4.79 Å². The summed E-state index contributed by atoms with van der Waals surface area (Å²) in [6.07, 6.45) is 0. The van der Waals surface area contributed by atoms with Crippen LogP contribution in [-0.4, -0.2) is 29.8 Å². The quantitative estimate of drug-likeness (QED) is 0.796. The van der Waals surface area contributed by atoms with Gasteiger partial charge >= 0.3 is 5.97 Å². The summed E-state index contributed by atoms with van der Waals surface area (Å²) in [4.78, 5) is 10.6. The van der Waals surface area contributed by atoms with Gasteiger partial charge in [-0.1, -0.05) is 13.8 Å². The van der Waals surface area contributed by atoms with Gasteiger partial charge in [0.15, 0.2) is 0 Å². The molecule has 0 amide bonds. The first-order chi connectivity index (χ1) is 7.99. The molecule has 17 heavy (non-hydrogen) atoms. The van der Waals surface area contributed by atoms with Gasteiger partial charge in [-0.2, -0.15) is 0 Å². The van der Waals surface area contributed by atoms with Crippen molar-refractivity contribution >= 4 is 5.97 Å². The number of carboxylic acid groups (broad SMARTS) is 1. The number of nitrogens with one attached hydrogen (secondary N) is 1. The van der Waals surface area contributed by atoms with Gasteiger partial charge in [0.25, 0.3) is 0 Å². The number of rotatable bonds is 6. The number of hydrogen-bond acceptors (Lipinski definition) is 3. The summed E-state index contributed by atoms with van der Waals surface area (Å²) in [5, 5.41) is 12.1. The van der Waals surface area contributed by atoms with Gasteiger partial charge in [0.2, 0.25) is 0 Å². The fourth-order valence-corrected chi connectivity index (χ4v) is 1.53. The Morgan fingerprint density at radius 3 is 2.35 bits per heavy atom. The monoisotopic (exact) mass is 237 g/mol. The highest BCUT2D eigenvalue weighted by Crippen LogP contribution is 2.12. The van der Waals surface area contributed by atoms with Crippen molar-refractivity contribution in [2.24, 2.45) is 0 Å². The van der Waals surface area contributed by atoms with E-state index in [1.807, 2.05) is 6.92 Å². The second-order valence-electron chi connectivity index (χ2n) is 4.36. The summed E-state index contributed by atoms with van der Waals surface area (Å²) in [6.45, 7) is 6.77. The maximum Gasteiger partial charge on any atom is 0.335 e. The minimum atomic E-state index is -0.925. The van der Waals surface area contributed by atoms with Gasteiger partial charge in [0, 0.05) is 12.1 Å². The smallest absolute Gasteiger partial charge is 0.335 e. The summed E-state index contributed by atoms with van der Waals surface area (Å²) in [5.41, 5.74) is 0.269. The molecule has 0 unspecified atom stereocenters. The molecule has 0 aliphatic rings. The Morgan fingerprint density at radius 1 is 1.29 bits per heavy atom. The van der Waals surface area contributed by atoms with Crippen molar-refractivity contribution in [1.29, 1.82) is 0 Å². The van der Waals surface area contributed by atoms with Crippen molar-refractivity contribution in [2.45, 2.75) is 32.9 Å². The first-order valence-electron chi connectivity index (χ1n) is 5.71. The van der Waals surface area contributed by atoms with Crippen molar-refractivity contribution in [2.75, 3.05) is 6.61 Å². The zero-order chi connectivity index (χ0) is 12.8.